The maximum Gasteiger partial charge on any atom is 0.317 e. The number of halogens is 1. The summed E-state index contributed by atoms with van der Waals surface area (Å²) in [7, 11) is 1.60. The van der Waals surface area contributed by atoms with Crippen molar-refractivity contribution >= 4 is 6.03 Å². The predicted molar refractivity (Wildman–Crippen MR) is 74.2 cm³/mol. The minimum atomic E-state index is -0.940. The summed E-state index contributed by atoms with van der Waals surface area (Å²) in [5.41, 5.74) is -0.940. The van der Waals surface area contributed by atoms with Crippen molar-refractivity contribution in [2.75, 3.05) is 26.7 Å². The fourth-order valence-corrected chi connectivity index (χ4v) is 1.67. The highest BCUT2D eigenvalue weighted by atomic mass is 19.1. The van der Waals surface area contributed by atoms with Crippen molar-refractivity contribution in [3.63, 3.8) is 0 Å². The molecule has 0 spiro atoms. The first-order chi connectivity index (χ1) is 9.28. The number of urea groups is 1. The molecular weight excluding hydrogens is 263 g/mol. The minimum absolute atomic E-state index is 0.226. The normalized spacial score (nSPS) is 11.1. The predicted octanol–water partition coefficient (Wildman–Crippen LogP) is 1.62. The average Bonchev–Trinajstić information content (AvgIpc) is 2.32. The molecule has 0 unspecified atom stereocenters. The summed E-state index contributed by atoms with van der Waals surface area (Å²) < 4.78 is 18.2. The van der Waals surface area contributed by atoms with Crippen LogP contribution in [0, 0.1) is 5.82 Å². The van der Waals surface area contributed by atoms with Gasteiger partial charge in [-0.2, -0.15) is 0 Å². The second-order valence-corrected chi connectivity index (χ2v) is 5.21. The number of nitrogens with one attached hydrogen (secondary N) is 1. The molecule has 6 heteroatoms. The highest BCUT2D eigenvalue weighted by Gasteiger charge is 2.18. The summed E-state index contributed by atoms with van der Waals surface area (Å²) in [5.74, 6) is 0.0561. The zero-order valence-electron chi connectivity index (χ0n) is 12.0. The Morgan fingerprint density at radius 2 is 2.20 bits per heavy atom. The van der Waals surface area contributed by atoms with Crippen LogP contribution in [0.2, 0.25) is 0 Å². The Morgan fingerprint density at radius 3 is 2.80 bits per heavy atom. The van der Waals surface area contributed by atoms with Gasteiger partial charge in [-0.3, -0.25) is 0 Å². The molecule has 2 N–H and O–H groups in total. The Labute approximate surface area is 118 Å². The lowest BCUT2D eigenvalue weighted by Crippen LogP contribution is -2.45. The van der Waals surface area contributed by atoms with Crippen molar-refractivity contribution in [1.82, 2.24) is 10.2 Å². The number of hydrogen-bond acceptors (Lipinski definition) is 3. The maximum atomic E-state index is 12.9. The quantitative estimate of drug-likeness (QED) is 0.780. The standard InChI is InChI=1S/C14H21FN2O3/c1-14(2,19)10-17(3)13(18)16-7-8-20-12-6-4-5-11(15)9-12/h4-6,9,19H,7-8,10H2,1-3H3,(H,16,18). The van der Waals surface area contributed by atoms with E-state index in [2.05, 4.69) is 5.32 Å². The number of amides is 2. The van der Waals surface area contributed by atoms with Crippen LogP contribution in [0.15, 0.2) is 24.3 Å². The van der Waals surface area contributed by atoms with Crippen LogP contribution in [0.4, 0.5) is 9.18 Å². The summed E-state index contributed by atoms with van der Waals surface area (Å²) in [5, 5.41) is 12.2. The van der Waals surface area contributed by atoms with Crippen LogP contribution >= 0.6 is 0 Å². The first kappa shape index (κ1) is 16.2. The zero-order valence-corrected chi connectivity index (χ0v) is 12.0. The van der Waals surface area contributed by atoms with E-state index < -0.39 is 5.60 Å². The highest BCUT2D eigenvalue weighted by Crippen LogP contribution is 2.11. The summed E-state index contributed by atoms with van der Waals surface area (Å²) in [6.45, 7) is 4.02. The molecule has 0 saturated carbocycles. The summed E-state index contributed by atoms with van der Waals surface area (Å²) in [6.07, 6.45) is 0. The summed E-state index contributed by atoms with van der Waals surface area (Å²) in [6, 6.07) is 5.52. The highest BCUT2D eigenvalue weighted by molar-refractivity contribution is 5.73. The maximum absolute atomic E-state index is 12.9. The fraction of sp³-hybridized carbons (Fsp3) is 0.500. The second-order valence-electron chi connectivity index (χ2n) is 5.21. The van der Waals surface area contributed by atoms with Gasteiger partial charge in [-0.1, -0.05) is 6.07 Å². The van der Waals surface area contributed by atoms with Gasteiger partial charge >= 0.3 is 6.03 Å². The van der Waals surface area contributed by atoms with Gasteiger partial charge in [0.2, 0.25) is 0 Å². The number of nitrogens with zero attached hydrogens (tertiary/aromatic N) is 1. The average molecular weight is 284 g/mol. The van der Waals surface area contributed by atoms with Gasteiger partial charge in [0.05, 0.1) is 18.7 Å². The Bertz CT molecular complexity index is 446. The molecule has 1 rings (SSSR count). The van der Waals surface area contributed by atoms with Gasteiger partial charge in [0.1, 0.15) is 18.2 Å². The van der Waals surface area contributed by atoms with Gasteiger partial charge in [-0.25, -0.2) is 9.18 Å². The molecule has 1 aromatic carbocycles. The molecular formula is C14H21FN2O3. The van der Waals surface area contributed by atoms with Gasteiger partial charge in [0, 0.05) is 13.1 Å². The lowest BCUT2D eigenvalue weighted by atomic mass is 10.1. The third-order valence-electron chi connectivity index (χ3n) is 2.41. The third kappa shape index (κ3) is 6.38. The van der Waals surface area contributed by atoms with Crippen molar-refractivity contribution < 1.29 is 19.0 Å². The van der Waals surface area contributed by atoms with E-state index in [0.717, 1.165) is 0 Å². The number of ether oxygens (including phenoxy) is 1. The molecule has 2 amide bonds. The Morgan fingerprint density at radius 1 is 1.50 bits per heavy atom. The van der Waals surface area contributed by atoms with E-state index in [1.807, 2.05) is 0 Å². The van der Waals surface area contributed by atoms with E-state index in [9.17, 15) is 14.3 Å². The Balaban J connectivity index is 2.25. The lowest BCUT2D eigenvalue weighted by Gasteiger charge is -2.25. The summed E-state index contributed by atoms with van der Waals surface area (Å²) >= 11 is 0. The van der Waals surface area contributed by atoms with E-state index in [-0.39, 0.29) is 25.0 Å². The van der Waals surface area contributed by atoms with Crippen LogP contribution in [-0.4, -0.2) is 48.4 Å². The molecule has 0 heterocycles. The molecule has 112 valence electrons. The van der Waals surface area contributed by atoms with E-state index >= 15 is 0 Å². The molecule has 0 aromatic heterocycles. The molecule has 5 nitrogen and oxygen atoms in total. The number of likely N-dealkylation sites (N-methyl/N-ethyl adjacent to an activating group) is 1. The molecule has 0 atom stereocenters. The second kappa shape index (κ2) is 7.09. The zero-order chi connectivity index (χ0) is 15.2. The Kier molecular flexibility index (Phi) is 5.76. The van der Waals surface area contributed by atoms with Gasteiger partial charge in [0.15, 0.2) is 0 Å². The largest absolute Gasteiger partial charge is 0.492 e. The van der Waals surface area contributed by atoms with Crippen molar-refractivity contribution in [1.29, 1.82) is 0 Å². The lowest BCUT2D eigenvalue weighted by molar-refractivity contribution is 0.0531. The molecule has 0 radical (unpaired) electrons. The number of hydrogen-bond donors (Lipinski definition) is 2. The minimum Gasteiger partial charge on any atom is -0.492 e. The molecule has 1 aromatic rings. The third-order valence-corrected chi connectivity index (χ3v) is 2.41. The topological polar surface area (TPSA) is 61.8 Å². The van der Waals surface area contributed by atoms with E-state index in [4.69, 9.17) is 4.74 Å². The van der Waals surface area contributed by atoms with Gasteiger partial charge in [-0.15, -0.1) is 0 Å². The summed E-state index contributed by atoms with van der Waals surface area (Å²) in [4.78, 5) is 13.1. The van der Waals surface area contributed by atoms with Gasteiger partial charge in [0.25, 0.3) is 0 Å². The van der Waals surface area contributed by atoms with Crippen LogP contribution in [-0.2, 0) is 0 Å². The Hall–Kier alpha value is -1.82. The fourth-order valence-electron chi connectivity index (χ4n) is 1.67. The van der Waals surface area contributed by atoms with Crippen LogP contribution in [0.25, 0.3) is 0 Å². The monoisotopic (exact) mass is 284 g/mol. The molecule has 0 aliphatic rings. The number of rotatable bonds is 6. The van der Waals surface area contributed by atoms with Crippen LogP contribution in [0.1, 0.15) is 13.8 Å². The number of carbonyl (C=O) groups is 1. The molecule has 0 fully saturated rings. The van der Waals surface area contributed by atoms with E-state index in [0.29, 0.717) is 12.3 Å². The van der Waals surface area contributed by atoms with Crippen LogP contribution in [0.3, 0.4) is 0 Å². The van der Waals surface area contributed by atoms with Crippen molar-refractivity contribution in [3.8, 4) is 5.75 Å². The van der Waals surface area contributed by atoms with Crippen LogP contribution < -0.4 is 10.1 Å². The van der Waals surface area contributed by atoms with Gasteiger partial charge < -0.3 is 20.1 Å². The first-order valence-corrected chi connectivity index (χ1v) is 6.38. The smallest absolute Gasteiger partial charge is 0.317 e. The van der Waals surface area contributed by atoms with Crippen molar-refractivity contribution in [3.05, 3.63) is 30.1 Å². The molecule has 20 heavy (non-hydrogen) atoms. The van der Waals surface area contributed by atoms with Crippen molar-refractivity contribution in [2.45, 2.75) is 19.4 Å². The van der Waals surface area contributed by atoms with Crippen LogP contribution in [0.5, 0.6) is 5.75 Å². The van der Waals surface area contributed by atoms with Crippen molar-refractivity contribution in [2.24, 2.45) is 0 Å². The molecule has 0 aliphatic heterocycles. The van der Waals surface area contributed by atoms with E-state index in [1.165, 1.54) is 17.0 Å². The number of aliphatic hydroxyl groups is 1. The first-order valence-electron chi connectivity index (χ1n) is 6.38. The molecule has 0 bridgehead atoms. The number of benzene rings is 1. The number of carbonyl (C=O) groups excluding carboxylic acids is 1. The molecule has 0 saturated heterocycles. The SMILES string of the molecule is CN(CC(C)(C)O)C(=O)NCCOc1cccc(F)c1. The van der Waals surface area contributed by atoms with Gasteiger partial charge in [-0.05, 0) is 26.0 Å². The molecule has 0 aliphatic carbocycles. The van der Waals surface area contributed by atoms with E-state index in [1.54, 1.807) is 33.0 Å².